The van der Waals surface area contributed by atoms with Crippen LogP contribution in [0.3, 0.4) is 0 Å². The second-order valence-electron chi connectivity index (χ2n) is 7.08. The molecule has 27 heavy (non-hydrogen) atoms. The number of nitrogens with zero attached hydrogens (tertiary/aromatic N) is 3. The number of aromatic nitrogens is 3. The number of nitrogens with one attached hydrogen (secondary N) is 2. The quantitative estimate of drug-likeness (QED) is 0.626. The van der Waals surface area contributed by atoms with Gasteiger partial charge in [-0.05, 0) is 51.1 Å². The number of anilines is 1. The van der Waals surface area contributed by atoms with Gasteiger partial charge < -0.3 is 16.0 Å². The van der Waals surface area contributed by atoms with Crippen molar-refractivity contribution in [2.75, 3.05) is 24.5 Å². The zero-order chi connectivity index (χ0) is 18.9. The van der Waals surface area contributed by atoms with Crippen molar-refractivity contribution < 1.29 is 4.79 Å². The fraction of sp³-hybridized carbons (Fsp3) is 0.421. The van der Waals surface area contributed by atoms with Crippen molar-refractivity contribution in [2.24, 2.45) is 11.1 Å². The molecule has 0 aromatic carbocycles. The monoisotopic (exact) mass is 384 g/mol. The first-order chi connectivity index (χ1) is 13.1. The highest BCUT2D eigenvalue weighted by molar-refractivity contribution is 7.11. The molecule has 1 saturated heterocycles. The van der Waals surface area contributed by atoms with Crippen LogP contribution < -0.4 is 16.0 Å². The average molecular weight is 385 g/mol. The summed E-state index contributed by atoms with van der Waals surface area (Å²) in [6, 6.07) is 6.08. The Kier molecular flexibility index (Phi) is 4.94. The fourth-order valence-corrected chi connectivity index (χ4v) is 4.62. The van der Waals surface area contributed by atoms with Crippen molar-refractivity contribution >= 4 is 34.1 Å². The van der Waals surface area contributed by atoms with E-state index in [1.54, 1.807) is 16.2 Å². The molecule has 1 aliphatic rings. The van der Waals surface area contributed by atoms with Gasteiger partial charge in [0.2, 0.25) is 5.91 Å². The first kappa shape index (κ1) is 18.1. The molecule has 0 unspecified atom stereocenters. The maximum absolute atomic E-state index is 13.8. The third-order valence-electron chi connectivity index (χ3n) is 5.35. The molecule has 0 saturated carbocycles. The first-order valence-corrected chi connectivity index (χ1v) is 10.0. The lowest BCUT2D eigenvalue weighted by Gasteiger charge is -2.39. The van der Waals surface area contributed by atoms with Crippen LogP contribution in [0.2, 0.25) is 0 Å². The molecule has 0 spiro atoms. The van der Waals surface area contributed by atoms with Crippen molar-refractivity contribution in [1.82, 2.24) is 20.3 Å². The van der Waals surface area contributed by atoms with E-state index in [4.69, 9.17) is 5.73 Å². The number of nitrogens with two attached hydrogens (primary N) is 1. The number of H-pyrrole nitrogens is 1. The van der Waals surface area contributed by atoms with Crippen LogP contribution in [0, 0.1) is 12.3 Å². The van der Waals surface area contributed by atoms with E-state index in [-0.39, 0.29) is 5.91 Å². The number of fused-ring (bicyclic) bond motifs is 1. The van der Waals surface area contributed by atoms with Crippen molar-refractivity contribution in [3.63, 3.8) is 0 Å². The minimum atomic E-state index is -0.550. The number of aromatic amines is 1. The molecule has 1 amide bonds. The van der Waals surface area contributed by atoms with Crippen molar-refractivity contribution in [2.45, 2.75) is 26.3 Å². The van der Waals surface area contributed by atoms with E-state index in [1.165, 1.54) is 11.2 Å². The Hall–Kier alpha value is -2.29. The Morgan fingerprint density at radius 1 is 1.30 bits per heavy atom. The minimum Gasteiger partial charge on any atom is -0.346 e. The van der Waals surface area contributed by atoms with Gasteiger partial charge in [0, 0.05) is 22.5 Å². The standard InChI is InChI=1S/C19H24N6OS/c1-13-2-3-14(27-13)10-25(17-15-4-7-22-16(15)23-12-24-17)18(26)19(11-20)5-8-21-9-6-19/h2-4,7,12,21H,5-6,8-11,20H2,1H3,(H,22,23,24). The molecule has 0 radical (unpaired) electrons. The molecule has 0 atom stereocenters. The molecular formula is C19H24N6OS. The molecule has 1 aliphatic heterocycles. The molecule has 0 bridgehead atoms. The van der Waals surface area contributed by atoms with Crippen LogP contribution in [0.4, 0.5) is 5.82 Å². The highest BCUT2D eigenvalue weighted by Gasteiger charge is 2.42. The number of aryl methyl sites for hydroxylation is 1. The fourth-order valence-electron chi connectivity index (χ4n) is 3.74. The Balaban J connectivity index is 1.78. The summed E-state index contributed by atoms with van der Waals surface area (Å²) in [6.07, 6.45) is 4.81. The van der Waals surface area contributed by atoms with Crippen LogP contribution in [-0.2, 0) is 11.3 Å². The van der Waals surface area contributed by atoms with E-state index in [9.17, 15) is 4.79 Å². The SMILES string of the molecule is Cc1ccc(CN(C(=O)C2(CN)CCNCC2)c2ncnc3[nH]ccc23)s1. The van der Waals surface area contributed by atoms with Gasteiger partial charge in [0.15, 0.2) is 0 Å². The molecule has 142 valence electrons. The van der Waals surface area contributed by atoms with Crippen molar-refractivity contribution in [3.8, 4) is 0 Å². The van der Waals surface area contributed by atoms with Crippen LogP contribution in [-0.4, -0.2) is 40.5 Å². The van der Waals surface area contributed by atoms with Gasteiger partial charge in [0.25, 0.3) is 0 Å². The predicted molar refractivity (Wildman–Crippen MR) is 108 cm³/mol. The van der Waals surface area contributed by atoms with Gasteiger partial charge in [-0.1, -0.05) is 0 Å². The molecule has 3 aromatic rings. The number of carbonyl (C=O) groups excluding carboxylic acids is 1. The number of hydrogen-bond acceptors (Lipinski definition) is 6. The van der Waals surface area contributed by atoms with Crippen LogP contribution >= 0.6 is 11.3 Å². The lowest BCUT2D eigenvalue weighted by molar-refractivity contribution is -0.129. The molecule has 7 nitrogen and oxygen atoms in total. The minimum absolute atomic E-state index is 0.0544. The highest BCUT2D eigenvalue weighted by Crippen LogP contribution is 2.35. The zero-order valence-electron chi connectivity index (χ0n) is 15.4. The van der Waals surface area contributed by atoms with Crippen LogP contribution in [0.1, 0.15) is 22.6 Å². The van der Waals surface area contributed by atoms with E-state index in [2.05, 4.69) is 39.3 Å². The smallest absolute Gasteiger partial charge is 0.236 e. The van der Waals surface area contributed by atoms with E-state index in [0.717, 1.165) is 41.8 Å². The normalized spacial score (nSPS) is 16.5. The summed E-state index contributed by atoms with van der Waals surface area (Å²) >= 11 is 1.70. The van der Waals surface area contributed by atoms with E-state index in [1.807, 2.05) is 12.3 Å². The molecule has 4 N–H and O–H groups in total. The molecule has 3 aromatic heterocycles. The molecule has 0 aliphatic carbocycles. The topological polar surface area (TPSA) is 99.9 Å². The van der Waals surface area contributed by atoms with Gasteiger partial charge in [-0.25, -0.2) is 9.97 Å². The lowest BCUT2D eigenvalue weighted by Crippen LogP contribution is -2.53. The summed E-state index contributed by atoms with van der Waals surface area (Å²) in [5.41, 5.74) is 6.31. The molecular weight excluding hydrogens is 360 g/mol. The summed E-state index contributed by atoms with van der Waals surface area (Å²) in [4.78, 5) is 29.8. The van der Waals surface area contributed by atoms with Crippen LogP contribution in [0.25, 0.3) is 11.0 Å². The van der Waals surface area contributed by atoms with Crippen molar-refractivity contribution in [1.29, 1.82) is 0 Å². The molecule has 8 heteroatoms. The largest absolute Gasteiger partial charge is 0.346 e. The Labute approximate surface area is 162 Å². The summed E-state index contributed by atoms with van der Waals surface area (Å²) < 4.78 is 0. The summed E-state index contributed by atoms with van der Waals surface area (Å²) in [6.45, 7) is 4.51. The summed E-state index contributed by atoms with van der Waals surface area (Å²) in [7, 11) is 0. The number of amides is 1. The van der Waals surface area contributed by atoms with Gasteiger partial charge in [-0.2, -0.15) is 0 Å². The average Bonchev–Trinajstić information content (AvgIpc) is 3.34. The number of rotatable bonds is 5. The Morgan fingerprint density at radius 3 is 2.81 bits per heavy atom. The van der Waals surface area contributed by atoms with Crippen LogP contribution in [0.5, 0.6) is 0 Å². The van der Waals surface area contributed by atoms with E-state index < -0.39 is 5.41 Å². The lowest BCUT2D eigenvalue weighted by atomic mass is 9.77. The Morgan fingerprint density at radius 2 is 2.11 bits per heavy atom. The molecule has 1 fully saturated rings. The number of carbonyl (C=O) groups is 1. The zero-order valence-corrected chi connectivity index (χ0v) is 16.2. The maximum Gasteiger partial charge on any atom is 0.236 e. The van der Waals surface area contributed by atoms with Gasteiger partial charge >= 0.3 is 0 Å². The molecule has 4 heterocycles. The third-order valence-corrected chi connectivity index (χ3v) is 6.33. The van der Waals surface area contributed by atoms with Gasteiger partial charge in [0.1, 0.15) is 17.8 Å². The number of hydrogen-bond donors (Lipinski definition) is 3. The Bertz CT molecular complexity index is 942. The molecule has 4 rings (SSSR count). The van der Waals surface area contributed by atoms with Gasteiger partial charge in [0.05, 0.1) is 17.3 Å². The summed E-state index contributed by atoms with van der Waals surface area (Å²) in [5, 5.41) is 4.18. The van der Waals surface area contributed by atoms with Gasteiger partial charge in [-0.3, -0.25) is 9.69 Å². The number of piperidine rings is 1. The van der Waals surface area contributed by atoms with Crippen molar-refractivity contribution in [3.05, 3.63) is 40.5 Å². The number of thiophene rings is 1. The maximum atomic E-state index is 13.8. The first-order valence-electron chi connectivity index (χ1n) is 9.19. The van der Waals surface area contributed by atoms with E-state index in [0.29, 0.717) is 18.9 Å². The van der Waals surface area contributed by atoms with Gasteiger partial charge in [-0.15, -0.1) is 11.3 Å². The third kappa shape index (κ3) is 3.36. The second-order valence-corrected chi connectivity index (χ2v) is 8.45. The summed E-state index contributed by atoms with van der Waals surface area (Å²) in [5.74, 6) is 0.697. The van der Waals surface area contributed by atoms with Crippen LogP contribution in [0.15, 0.2) is 30.7 Å². The van der Waals surface area contributed by atoms with E-state index >= 15 is 0 Å². The predicted octanol–water partition coefficient (Wildman–Crippen LogP) is 2.19. The second kappa shape index (κ2) is 7.38. The highest BCUT2D eigenvalue weighted by atomic mass is 32.1.